The van der Waals surface area contributed by atoms with E-state index in [0.717, 1.165) is 62.2 Å². The van der Waals surface area contributed by atoms with Gasteiger partial charge in [0, 0.05) is 46.0 Å². The number of amides is 2. The van der Waals surface area contributed by atoms with Crippen molar-refractivity contribution in [2.24, 2.45) is 0 Å². The lowest BCUT2D eigenvalue weighted by Crippen LogP contribution is -2.14. The molecule has 4 N–H and O–H groups in total. The van der Waals surface area contributed by atoms with Crippen molar-refractivity contribution in [3.63, 3.8) is 0 Å². The van der Waals surface area contributed by atoms with Crippen molar-refractivity contribution in [1.82, 2.24) is 30.4 Å². The van der Waals surface area contributed by atoms with Crippen LogP contribution in [0.5, 0.6) is 0 Å². The number of carbonyl (C=O) groups is 2. The summed E-state index contributed by atoms with van der Waals surface area (Å²) in [6, 6.07) is 15.8. The third-order valence-electron chi connectivity index (χ3n) is 7.49. The molecule has 0 aliphatic heterocycles. The van der Waals surface area contributed by atoms with E-state index < -0.39 is 0 Å². The highest BCUT2D eigenvalue weighted by Crippen LogP contribution is 2.37. The molecule has 6 aromatic rings. The molecule has 4 heterocycles. The average Bonchev–Trinajstić information content (AvgIpc) is 3.80. The van der Waals surface area contributed by atoms with Crippen LogP contribution in [-0.4, -0.2) is 42.2 Å². The fourth-order valence-corrected chi connectivity index (χ4v) is 7.17. The van der Waals surface area contributed by atoms with Crippen LogP contribution < -0.4 is 10.6 Å². The Morgan fingerprint density at radius 3 is 1.86 bits per heavy atom. The number of nitrogens with one attached hydrogen (secondary N) is 4. The van der Waals surface area contributed by atoms with E-state index in [4.69, 9.17) is 0 Å². The molecule has 0 radical (unpaired) electrons. The summed E-state index contributed by atoms with van der Waals surface area (Å²) in [7, 11) is 0. The van der Waals surface area contributed by atoms with Gasteiger partial charge in [0.1, 0.15) is 10.0 Å². The first-order valence-electron chi connectivity index (χ1n) is 14.3. The van der Waals surface area contributed by atoms with E-state index >= 15 is 0 Å². The van der Waals surface area contributed by atoms with Crippen molar-refractivity contribution in [1.29, 1.82) is 0 Å². The van der Waals surface area contributed by atoms with Gasteiger partial charge < -0.3 is 20.6 Å². The maximum atomic E-state index is 12.8. The molecule has 2 atom stereocenters. The number of benzene rings is 2. The van der Waals surface area contributed by atoms with Crippen molar-refractivity contribution >= 4 is 66.6 Å². The maximum absolute atomic E-state index is 12.8. The Bertz CT molecular complexity index is 1870. The number of hydrogen-bond acceptors (Lipinski definition) is 8. The van der Waals surface area contributed by atoms with E-state index in [0.29, 0.717) is 10.3 Å². The molecular weight excluding hydrogens is 581 g/mol. The molecule has 4 aromatic heterocycles. The topological polar surface area (TPSA) is 141 Å². The Kier molecular flexibility index (Phi) is 8.57. The van der Waals surface area contributed by atoms with Crippen LogP contribution in [0, 0.1) is 0 Å². The molecule has 220 valence electrons. The lowest BCUT2D eigenvalue weighted by atomic mass is 9.93. The van der Waals surface area contributed by atoms with Gasteiger partial charge in [-0.25, -0.2) is 0 Å². The van der Waals surface area contributed by atoms with Crippen molar-refractivity contribution in [3.8, 4) is 0 Å². The van der Waals surface area contributed by atoms with Gasteiger partial charge in [0.2, 0.25) is 22.1 Å². The van der Waals surface area contributed by atoms with E-state index in [1.165, 1.54) is 22.7 Å². The molecular formula is C31H32N8O2S2. The molecule has 2 amide bonds. The summed E-state index contributed by atoms with van der Waals surface area (Å²) in [4.78, 5) is 31.9. The first-order chi connectivity index (χ1) is 21.0. The molecule has 0 spiro atoms. The second-order valence-electron chi connectivity index (χ2n) is 10.7. The predicted molar refractivity (Wildman–Crippen MR) is 172 cm³/mol. The number of anilines is 2. The molecule has 0 bridgehead atoms. The first-order valence-corrected chi connectivity index (χ1v) is 16.0. The molecule has 0 fully saturated rings. The first kappa shape index (κ1) is 28.7. The van der Waals surface area contributed by atoms with Crippen molar-refractivity contribution in [2.45, 2.75) is 57.8 Å². The smallest absolute Gasteiger partial charge is 0.230 e. The van der Waals surface area contributed by atoms with Crippen LogP contribution in [0.2, 0.25) is 0 Å². The summed E-state index contributed by atoms with van der Waals surface area (Å²) in [5.74, 6) is 0.0313. The van der Waals surface area contributed by atoms with Gasteiger partial charge in [0.15, 0.2) is 0 Å². The zero-order chi connectivity index (χ0) is 29.8. The number of aromatic nitrogens is 6. The molecule has 43 heavy (non-hydrogen) atoms. The van der Waals surface area contributed by atoms with Crippen LogP contribution in [0.3, 0.4) is 0 Å². The zero-order valence-corrected chi connectivity index (χ0v) is 25.5. The van der Waals surface area contributed by atoms with E-state index in [1.807, 2.05) is 60.9 Å². The Balaban J connectivity index is 1.05. The van der Waals surface area contributed by atoms with Gasteiger partial charge in [0.05, 0.1) is 12.8 Å². The molecule has 0 saturated carbocycles. The molecule has 10 nitrogen and oxygen atoms in total. The lowest BCUT2D eigenvalue weighted by Gasteiger charge is -2.16. The van der Waals surface area contributed by atoms with Gasteiger partial charge >= 0.3 is 0 Å². The predicted octanol–water partition coefficient (Wildman–Crippen LogP) is 6.79. The monoisotopic (exact) mass is 612 g/mol. The van der Waals surface area contributed by atoms with Gasteiger partial charge in [-0.3, -0.25) is 9.59 Å². The van der Waals surface area contributed by atoms with E-state index in [2.05, 4.69) is 54.8 Å². The fourth-order valence-electron chi connectivity index (χ4n) is 5.43. The Morgan fingerprint density at radius 1 is 0.767 bits per heavy atom. The second kappa shape index (κ2) is 12.8. The van der Waals surface area contributed by atoms with Crippen LogP contribution in [0.4, 0.5) is 10.3 Å². The Labute approximate surface area is 256 Å². The van der Waals surface area contributed by atoms with E-state index in [-0.39, 0.29) is 36.5 Å². The number of hydrogen-bond donors (Lipinski definition) is 4. The summed E-state index contributed by atoms with van der Waals surface area (Å²) in [6.45, 7) is 4.27. The highest BCUT2D eigenvalue weighted by Gasteiger charge is 2.23. The molecule has 0 unspecified atom stereocenters. The number of fused-ring (bicyclic) bond motifs is 2. The van der Waals surface area contributed by atoms with Gasteiger partial charge in [-0.1, -0.05) is 67.2 Å². The molecule has 0 aliphatic rings. The third kappa shape index (κ3) is 6.65. The van der Waals surface area contributed by atoms with Gasteiger partial charge in [-0.05, 0) is 48.2 Å². The van der Waals surface area contributed by atoms with Crippen LogP contribution in [0.1, 0.15) is 66.1 Å². The quantitative estimate of drug-likeness (QED) is 0.120. The van der Waals surface area contributed by atoms with Gasteiger partial charge in [-0.2, -0.15) is 0 Å². The number of H-pyrrole nitrogens is 2. The molecule has 6 rings (SSSR count). The van der Waals surface area contributed by atoms with E-state index in [1.54, 1.807) is 0 Å². The summed E-state index contributed by atoms with van der Waals surface area (Å²) in [5.41, 5.74) is 3.94. The molecule has 0 saturated heterocycles. The van der Waals surface area contributed by atoms with Crippen LogP contribution in [0.15, 0.2) is 60.9 Å². The lowest BCUT2D eigenvalue weighted by molar-refractivity contribution is -0.116. The van der Waals surface area contributed by atoms with Crippen molar-refractivity contribution in [3.05, 3.63) is 82.1 Å². The summed E-state index contributed by atoms with van der Waals surface area (Å²) in [6.07, 6.45) is 7.02. The van der Waals surface area contributed by atoms with Crippen LogP contribution >= 0.6 is 22.7 Å². The SMILES string of the molecule is CCC[C@H](C[C@@H](C)c1nnc(NC(=O)Cc2cccc3[nH]ccc23)s1)c1nnc(NC(=O)Cc2cccc3[nH]ccc23)s1. The summed E-state index contributed by atoms with van der Waals surface area (Å²) in [5, 5.41) is 28.0. The summed E-state index contributed by atoms with van der Waals surface area (Å²) >= 11 is 2.83. The normalized spacial score (nSPS) is 12.9. The minimum atomic E-state index is -0.124. The minimum absolute atomic E-state index is 0.108. The average molecular weight is 613 g/mol. The number of carbonyl (C=O) groups excluding carboxylic acids is 2. The Hall–Kier alpha value is -4.42. The van der Waals surface area contributed by atoms with Gasteiger partial charge in [0.25, 0.3) is 0 Å². The van der Waals surface area contributed by atoms with Crippen molar-refractivity contribution < 1.29 is 9.59 Å². The molecule has 12 heteroatoms. The second-order valence-corrected chi connectivity index (χ2v) is 12.7. The summed E-state index contributed by atoms with van der Waals surface area (Å²) < 4.78 is 0. The number of nitrogens with zero attached hydrogens (tertiary/aromatic N) is 4. The number of rotatable bonds is 12. The van der Waals surface area contributed by atoms with Gasteiger partial charge in [-0.15, -0.1) is 20.4 Å². The maximum Gasteiger partial charge on any atom is 0.230 e. The largest absolute Gasteiger partial charge is 0.361 e. The molecule has 2 aromatic carbocycles. The van der Waals surface area contributed by atoms with Crippen LogP contribution in [-0.2, 0) is 22.4 Å². The highest BCUT2D eigenvalue weighted by atomic mass is 32.1. The molecule has 0 aliphatic carbocycles. The fraction of sp³-hybridized carbons (Fsp3) is 0.290. The minimum Gasteiger partial charge on any atom is -0.361 e. The van der Waals surface area contributed by atoms with E-state index in [9.17, 15) is 9.59 Å². The third-order valence-corrected chi connectivity index (χ3v) is 9.56. The zero-order valence-electron chi connectivity index (χ0n) is 23.9. The Morgan fingerprint density at radius 2 is 1.30 bits per heavy atom. The highest BCUT2D eigenvalue weighted by molar-refractivity contribution is 7.15. The van der Waals surface area contributed by atoms with Crippen LogP contribution in [0.25, 0.3) is 21.8 Å². The number of aromatic amines is 2. The van der Waals surface area contributed by atoms with Crippen molar-refractivity contribution in [2.75, 3.05) is 10.6 Å². The standard InChI is InChI=1S/C31H32N8O2S2/c1-3-6-21(29-37-39-31(43-29)35-27(41)17-20-8-5-10-25-23(20)12-14-33-25)15-18(2)28-36-38-30(42-28)34-26(40)16-19-7-4-9-24-22(19)11-13-32-24/h4-5,7-14,18,21,32-33H,3,6,15-17H2,1-2H3,(H,34,38,40)(H,35,39,41)/t18-,21-/m1/s1.